The Kier molecular flexibility index (Phi) is 4.58. The van der Waals surface area contributed by atoms with Crippen LogP contribution in [0.4, 0.5) is 10.5 Å². The van der Waals surface area contributed by atoms with Crippen molar-refractivity contribution in [1.82, 2.24) is 10.2 Å². The highest BCUT2D eigenvalue weighted by Gasteiger charge is 2.26. The number of hydrogen-bond donors (Lipinski definition) is 1. The number of urea groups is 1. The fraction of sp³-hybridized carbons (Fsp3) is 0.300. The van der Waals surface area contributed by atoms with E-state index in [0.29, 0.717) is 38.3 Å². The molecule has 0 spiro atoms. The van der Waals surface area contributed by atoms with Crippen molar-refractivity contribution in [1.29, 1.82) is 0 Å². The molecule has 3 amide bonds. The van der Waals surface area contributed by atoms with Gasteiger partial charge in [-0.2, -0.15) is 0 Å². The standard InChI is InChI=1S/C20H21N3O3/c24-19(16-6-8-17(9-7-16)23-11-10-21-20(23)25)22-12-13-26-18(14-22)15-4-2-1-3-5-15/h1-9,18H,10-14H2,(H,21,25). The molecule has 2 aromatic rings. The van der Waals surface area contributed by atoms with Gasteiger partial charge in [-0.15, -0.1) is 0 Å². The maximum Gasteiger partial charge on any atom is 0.321 e. The monoisotopic (exact) mass is 351 g/mol. The van der Waals surface area contributed by atoms with Crippen molar-refractivity contribution in [2.24, 2.45) is 0 Å². The zero-order valence-electron chi connectivity index (χ0n) is 14.4. The summed E-state index contributed by atoms with van der Waals surface area (Å²) in [7, 11) is 0. The average molecular weight is 351 g/mol. The van der Waals surface area contributed by atoms with Gasteiger partial charge in [0.05, 0.1) is 13.2 Å². The summed E-state index contributed by atoms with van der Waals surface area (Å²) in [5.74, 6) is -0.00773. The molecule has 2 aliphatic rings. The van der Waals surface area contributed by atoms with Crippen LogP contribution < -0.4 is 10.2 Å². The number of hydrogen-bond acceptors (Lipinski definition) is 3. The average Bonchev–Trinajstić information content (AvgIpc) is 3.14. The van der Waals surface area contributed by atoms with Gasteiger partial charge in [0.2, 0.25) is 0 Å². The summed E-state index contributed by atoms with van der Waals surface area (Å²) in [5, 5.41) is 2.78. The Hall–Kier alpha value is -2.86. The zero-order chi connectivity index (χ0) is 17.9. The van der Waals surface area contributed by atoms with Crippen LogP contribution in [0.2, 0.25) is 0 Å². The Morgan fingerprint density at radius 2 is 1.81 bits per heavy atom. The van der Waals surface area contributed by atoms with Gasteiger partial charge in [0.25, 0.3) is 5.91 Å². The molecule has 2 aliphatic heterocycles. The lowest BCUT2D eigenvalue weighted by Crippen LogP contribution is -2.42. The Labute approximate surface area is 152 Å². The Morgan fingerprint density at radius 1 is 1.04 bits per heavy atom. The third-order valence-electron chi connectivity index (χ3n) is 4.81. The minimum absolute atomic E-state index is 0.00773. The highest BCUT2D eigenvalue weighted by molar-refractivity contribution is 5.97. The molecule has 0 aromatic heterocycles. The van der Waals surface area contributed by atoms with Gasteiger partial charge in [-0.3, -0.25) is 9.69 Å². The Morgan fingerprint density at radius 3 is 2.50 bits per heavy atom. The number of ether oxygens (including phenoxy) is 1. The molecule has 2 heterocycles. The van der Waals surface area contributed by atoms with Crippen LogP contribution in [0.3, 0.4) is 0 Å². The van der Waals surface area contributed by atoms with Crippen molar-refractivity contribution >= 4 is 17.6 Å². The van der Waals surface area contributed by atoms with E-state index in [-0.39, 0.29) is 18.0 Å². The molecule has 2 fully saturated rings. The second kappa shape index (κ2) is 7.17. The molecular formula is C20H21N3O3. The molecule has 4 rings (SSSR count). The largest absolute Gasteiger partial charge is 0.370 e. The van der Waals surface area contributed by atoms with Crippen molar-refractivity contribution in [2.75, 3.05) is 37.7 Å². The Balaban J connectivity index is 1.46. The molecule has 2 saturated heterocycles. The first-order chi connectivity index (χ1) is 12.7. The van der Waals surface area contributed by atoms with Gasteiger partial charge in [-0.1, -0.05) is 30.3 Å². The van der Waals surface area contributed by atoms with Gasteiger partial charge in [0.1, 0.15) is 6.10 Å². The summed E-state index contributed by atoms with van der Waals surface area (Å²) in [4.78, 5) is 28.1. The summed E-state index contributed by atoms with van der Waals surface area (Å²) in [6.45, 7) is 2.94. The van der Waals surface area contributed by atoms with Gasteiger partial charge >= 0.3 is 6.03 Å². The predicted molar refractivity (Wildman–Crippen MR) is 98.2 cm³/mol. The first-order valence-corrected chi connectivity index (χ1v) is 8.83. The SMILES string of the molecule is O=C(c1ccc(N2CCNC2=O)cc1)N1CCOC(c2ccccc2)C1. The molecule has 6 nitrogen and oxygen atoms in total. The number of morpholine rings is 1. The molecular weight excluding hydrogens is 330 g/mol. The molecule has 1 atom stereocenters. The van der Waals surface area contributed by atoms with E-state index in [9.17, 15) is 9.59 Å². The van der Waals surface area contributed by atoms with Crippen molar-refractivity contribution < 1.29 is 14.3 Å². The molecule has 1 unspecified atom stereocenters. The van der Waals surface area contributed by atoms with Gasteiger partial charge in [-0.05, 0) is 29.8 Å². The molecule has 1 N–H and O–H groups in total. The summed E-state index contributed by atoms with van der Waals surface area (Å²) >= 11 is 0. The second-order valence-electron chi connectivity index (χ2n) is 6.45. The maximum absolute atomic E-state index is 12.9. The summed E-state index contributed by atoms with van der Waals surface area (Å²) < 4.78 is 5.83. The van der Waals surface area contributed by atoms with Crippen LogP contribution in [0.15, 0.2) is 54.6 Å². The van der Waals surface area contributed by atoms with Crippen LogP contribution >= 0.6 is 0 Å². The molecule has 0 aliphatic carbocycles. The number of anilines is 1. The molecule has 2 aromatic carbocycles. The first kappa shape index (κ1) is 16.6. The molecule has 26 heavy (non-hydrogen) atoms. The van der Waals surface area contributed by atoms with Crippen LogP contribution in [-0.4, -0.2) is 49.6 Å². The third kappa shape index (κ3) is 3.28. The Bertz CT molecular complexity index is 792. The van der Waals surface area contributed by atoms with E-state index in [2.05, 4.69) is 5.32 Å². The van der Waals surface area contributed by atoms with Gasteiger partial charge in [0, 0.05) is 30.9 Å². The molecule has 0 radical (unpaired) electrons. The number of amides is 3. The molecule has 0 bridgehead atoms. The fourth-order valence-corrected chi connectivity index (χ4v) is 3.39. The number of rotatable bonds is 3. The summed E-state index contributed by atoms with van der Waals surface area (Å²) in [5.41, 5.74) is 2.52. The van der Waals surface area contributed by atoms with E-state index in [1.807, 2.05) is 47.4 Å². The van der Waals surface area contributed by atoms with Gasteiger partial charge < -0.3 is 15.0 Å². The highest BCUT2D eigenvalue weighted by atomic mass is 16.5. The number of nitrogens with zero attached hydrogens (tertiary/aromatic N) is 2. The highest BCUT2D eigenvalue weighted by Crippen LogP contribution is 2.24. The van der Waals surface area contributed by atoms with E-state index >= 15 is 0 Å². The molecule has 6 heteroatoms. The van der Waals surface area contributed by atoms with Crippen LogP contribution in [-0.2, 0) is 4.74 Å². The topological polar surface area (TPSA) is 61.9 Å². The molecule has 134 valence electrons. The third-order valence-corrected chi connectivity index (χ3v) is 4.81. The van der Waals surface area contributed by atoms with Crippen LogP contribution in [0.1, 0.15) is 22.0 Å². The van der Waals surface area contributed by atoms with E-state index in [4.69, 9.17) is 4.74 Å². The van der Waals surface area contributed by atoms with Crippen molar-refractivity contribution in [3.05, 3.63) is 65.7 Å². The lowest BCUT2D eigenvalue weighted by atomic mass is 10.1. The second-order valence-corrected chi connectivity index (χ2v) is 6.45. The molecule has 0 saturated carbocycles. The number of carbonyl (C=O) groups excluding carboxylic acids is 2. The first-order valence-electron chi connectivity index (χ1n) is 8.83. The lowest BCUT2D eigenvalue weighted by molar-refractivity contribution is -0.0228. The normalized spacial score (nSPS) is 20.2. The van der Waals surface area contributed by atoms with E-state index in [1.165, 1.54) is 0 Å². The van der Waals surface area contributed by atoms with Crippen LogP contribution in [0.5, 0.6) is 0 Å². The number of carbonyl (C=O) groups is 2. The minimum Gasteiger partial charge on any atom is -0.370 e. The summed E-state index contributed by atoms with van der Waals surface area (Å²) in [6.07, 6.45) is -0.0959. The zero-order valence-corrected chi connectivity index (χ0v) is 14.4. The minimum atomic E-state index is -0.0959. The van der Waals surface area contributed by atoms with Gasteiger partial charge in [0.15, 0.2) is 0 Å². The number of nitrogens with one attached hydrogen (secondary N) is 1. The van der Waals surface area contributed by atoms with E-state index in [0.717, 1.165) is 11.3 Å². The lowest BCUT2D eigenvalue weighted by Gasteiger charge is -2.33. The van der Waals surface area contributed by atoms with Crippen LogP contribution in [0.25, 0.3) is 0 Å². The predicted octanol–water partition coefficient (Wildman–Crippen LogP) is 2.43. The summed E-state index contributed by atoms with van der Waals surface area (Å²) in [6, 6.07) is 17.1. The van der Waals surface area contributed by atoms with Crippen LogP contribution in [0, 0.1) is 0 Å². The van der Waals surface area contributed by atoms with Gasteiger partial charge in [-0.25, -0.2) is 4.79 Å². The fourth-order valence-electron chi connectivity index (χ4n) is 3.39. The van der Waals surface area contributed by atoms with E-state index in [1.54, 1.807) is 17.0 Å². The van der Waals surface area contributed by atoms with Crippen molar-refractivity contribution in [3.8, 4) is 0 Å². The van der Waals surface area contributed by atoms with Crippen molar-refractivity contribution in [2.45, 2.75) is 6.10 Å². The van der Waals surface area contributed by atoms with Crippen molar-refractivity contribution in [3.63, 3.8) is 0 Å². The quantitative estimate of drug-likeness (QED) is 0.924. The maximum atomic E-state index is 12.9. The van der Waals surface area contributed by atoms with E-state index < -0.39 is 0 Å². The smallest absolute Gasteiger partial charge is 0.321 e. The number of benzene rings is 2.